The Bertz CT molecular complexity index is 3070. The first-order valence-corrected chi connectivity index (χ1v) is 24.6. The number of carbonyl (C=O) groups is 9. The fraction of sp³-hybridized carbons (Fsp3) is 0.404. The van der Waals surface area contributed by atoms with Crippen molar-refractivity contribution in [3.8, 4) is 11.4 Å². The minimum atomic E-state index is -2.11. The number of imide groups is 1. The number of esters is 1. The number of amides is 7. The average molecular weight is 1030 g/mol. The van der Waals surface area contributed by atoms with Gasteiger partial charge in [0.2, 0.25) is 23.6 Å². The molecule has 0 spiro atoms. The Morgan fingerprint density at radius 1 is 0.920 bits per heavy atom. The summed E-state index contributed by atoms with van der Waals surface area (Å²) in [7, 11) is 0. The second-order valence-electron chi connectivity index (χ2n) is 18.6. The quantitative estimate of drug-likeness (QED) is 0.0152. The lowest BCUT2D eigenvalue weighted by Crippen LogP contribution is -2.58. The SMILES string of the molecule is CC[C@@]1(O)C(=O)OCc2c1cc1n(c2=O)Cc2c-1nc1cc(F)c(C)c3c1c2[C@@H](NC(NC(=O)CCCCCN1C(=O)C=CC1=O)C(=O)NCC(=O)N[C@@H](Cc1ccccc1)C(=O)NCC(=O)NCOCC=O)CC3. The molecule has 1 aliphatic carbocycles. The van der Waals surface area contributed by atoms with Crippen molar-refractivity contribution < 1.29 is 62.1 Å². The van der Waals surface area contributed by atoms with Crippen molar-refractivity contribution in [2.45, 2.75) is 102 Å². The molecule has 2 aromatic carbocycles. The Labute approximate surface area is 428 Å². The molecule has 22 nitrogen and oxygen atoms in total. The molecular formula is C52H56FN9O13. The van der Waals surface area contributed by atoms with Crippen LogP contribution in [0.25, 0.3) is 22.3 Å². The second kappa shape index (κ2) is 23.0. The van der Waals surface area contributed by atoms with Gasteiger partial charge in [-0.2, -0.15) is 0 Å². The lowest BCUT2D eigenvalue weighted by Gasteiger charge is -2.32. The van der Waals surface area contributed by atoms with Gasteiger partial charge in [-0.3, -0.25) is 48.6 Å². The predicted molar refractivity (Wildman–Crippen MR) is 263 cm³/mol. The Morgan fingerprint density at radius 2 is 1.65 bits per heavy atom. The molecule has 4 aliphatic rings. The van der Waals surface area contributed by atoms with E-state index in [1.54, 1.807) is 44.2 Å². The number of unbranched alkanes of at least 4 members (excludes halogenated alkanes) is 2. The third kappa shape index (κ3) is 11.4. The topological polar surface area (TPSA) is 303 Å². The van der Waals surface area contributed by atoms with E-state index in [0.29, 0.717) is 65.2 Å². The summed E-state index contributed by atoms with van der Waals surface area (Å²) in [5, 5.41) is 28.1. The largest absolute Gasteiger partial charge is 0.458 e. The van der Waals surface area contributed by atoms with Crippen LogP contribution in [0, 0.1) is 12.7 Å². The zero-order chi connectivity index (χ0) is 53.6. The van der Waals surface area contributed by atoms with Gasteiger partial charge in [-0.15, -0.1) is 0 Å². The standard InChI is InChI=1S/C52H56FN9O13/c1-3-52(73)33-21-38-46-31(25-62(38)50(71)32(33)26-75-51(52)72)45-35(14-13-30-28(2)34(53)22-36(58-46)44(30)45)59-47(60-39(64)12-8-5-9-17-61-42(67)15-16-43(61)68)49(70)55-24-41(66)57-37(20-29-10-6-4-7-11-29)48(69)54-23-40(65)56-27-74-19-18-63/h4,6-7,10-11,15-16,18,21-22,35,37,47,59,73H,3,5,8-9,12-14,17,19-20,23-27H2,1-2H3,(H,54,69)(H,55,70)(H,56,65)(H,57,66)(H,60,64)/t35-,37-,47?,52-/m0/s1. The minimum Gasteiger partial charge on any atom is -0.458 e. The molecule has 1 unspecified atom stereocenters. The van der Waals surface area contributed by atoms with Crippen LogP contribution in [-0.2, 0) is 84.2 Å². The zero-order valence-corrected chi connectivity index (χ0v) is 41.2. The van der Waals surface area contributed by atoms with Crippen molar-refractivity contribution in [1.29, 1.82) is 0 Å². The van der Waals surface area contributed by atoms with Crippen LogP contribution in [0.3, 0.4) is 0 Å². The number of aliphatic hydroxyl groups is 1. The van der Waals surface area contributed by atoms with E-state index in [-0.39, 0.29) is 86.7 Å². The van der Waals surface area contributed by atoms with Crippen molar-refractivity contribution in [3.63, 3.8) is 0 Å². The first-order valence-electron chi connectivity index (χ1n) is 24.6. The maximum atomic E-state index is 15.7. The van der Waals surface area contributed by atoms with Crippen LogP contribution in [-0.4, -0.2) is 118 Å². The van der Waals surface area contributed by atoms with Crippen molar-refractivity contribution in [2.75, 3.05) is 33.0 Å². The van der Waals surface area contributed by atoms with E-state index in [1.807, 2.05) is 0 Å². The van der Waals surface area contributed by atoms with Gasteiger partial charge in [0.15, 0.2) is 11.8 Å². The van der Waals surface area contributed by atoms with E-state index in [2.05, 4.69) is 31.9 Å². The number of hydrogen-bond acceptors (Lipinski definition) is 15. The number of benzene rings is 2. The zero-order valence-electron chi connectivity index (χ0n) is 41.2. The van der Waals surface area contributed by atoms with Gasteiger partial charge in [0, 0.05) is 60.2 Å². The van der Waals surface area contributed by atoms with E-state index in [9.17, 15) is 53.1 Å². The molecule has 2 aromatic heterocycles. The first-order chi connectivity index (χ1) is 36.0. The summed E-state index contributed by atoms with van der Waals surface area (Å²) in [6.07, 6.45) is 2.92. The summed E-state index contributed by atoms with van der Waals surface area (Å²) < 4.78 is 27.3. The molecule has 4 atom stereocenters. The number of pyridine rings is 2. The molecule has 394 valence electrons. The molecule has 0 bridgehead atoms. The molecule has 0 radical (unpaired) electrons. The number of halogens is 1. The highest BCUT2D eigenvalue weighted by atomic mass is 19.1. The number of cyclic esters (lactones) is 1. The predicted octanol–water partition coefficient (Wildman–Crippen LogP) is 0.281. The van der Waals surface area contributed by atoms with Gasteiger partial charge in [-0.25, -0.2) is 14.2 Å². The lowest BCUT2D eigenvalue weighted by atomic mass is 9.81. The minimum absolute atomic E-state index is 0.000551. The third-order valence-corrected chi connectivity index (χ3v) is 13.8. The van der Waals surface area contributed by atoms with Crippen LogP contribution in [0.1, 0.15) is 90.4 Å². The molecule has 5 heterocycles. The Morgan fingerprint density at radius 3 is 2.39 bits per heavy atom. The Balaban J connectivity index is 1.05. The Hall–Kier alpha value is -8.02. The van der Waals surface area contributed by atoms with Gasteiger partial charge in [-0.05, 0) is 67.3 Å². The van der Waals surface area contributed by atoms with Gasteiger partial charge < -0.3 is 50.5 Å². The fourth-order valence-corrected chi connectivity index (χ4v) is 9.89. The molecule has 0 saturated heterocycles. The number of nitrogens with zero attached hydrogens (tertiary/aromatic N) is 3. The fourth-order valence-electron chi connectivity index (χ4n) is 9.89. The number of aromatic nitrogens is 2. The van der Waals surface area contributed by atoms with Crippen LogP contribution >= 0.6 is 0 Å². The molecular weight excluding hydrogens is 978 g/mol. The summed E-state index contributed by atoms with van der Waals surface area (Å²) in [6, 6.07) is 9.53. The van der Waals surface area contributed by atoms with Crippen molar-refractivity contribution in [2.24, 2.45) is 0 Å². The molecule has 0 fully saturated rings. The summed E-state index contributed by atoms with van der Waals surface area (Å²) in [4.78, 5) is 135. The highest BCUT2D eigenvalue weighted by Crippen LogP contribution is 2.46. The van der Waals surface area contributed by atoms with Gasteiger partial charge in [0.1, 0.15) is 38.1 Å². The number of nitrogens with one attached hydrogen (secondary N) is 6. The highest BCUT2D eigenvalue weighted by molar-refractivity contribution is 6.12. The van der Waals surface area contributed by atoms with Crippen molar-refractivity contribution in [3.05, 3.63) is 110 Å². The van der Waals surface area contributed by atoms with E-state index < -0.39 is 95.6 Å². The molecule has 23 heteroatoms. The lowest BCUT2D eigenvalue weighted by molar-refractivity contribution is -0.172. The molecule has 75 heavy (non-hydrogen) atoms. The maximum Gasteiger partial charge on any atom is 0.343 e. The second-order valence-corrected chi connectivity index (χ2v) is 18.6. The molecule has 3 aliphatic heterocycles. The van der Waals surface area contributed by atoms with E-state index in [4.69, 9.17) is 14.5 Å². The summed E-state index contributed by atoms with van der Waals surface area (Å²) in [5.41, 5.74) is 1.14. The van der Waals surface area contributed by atoms with Crippen LogP contribution < -0.4 is 37.5 Å². The van der Waals surface area contributed by atoms with Gasteiger partial charge in [0.05, 0.1) is 42.1 Å². The number of fused-ring (bicyclic) bond motifs is 5. The van der Waals surface area contributed by atoms with E-state index >= 15 is 4.39 Å². The normalized spacial score (nSPS) is 17.8. The van der Waals surface area contributed by atoms with Gasteiger partial charge in [0.25, 0.3) is 23.3 Å². The number of aryl methyl sites for hydroxylation is 1. The van der Waals surface area contributed by atoms with Crippen LogP contribution in [0.2, 0.25) is 0 Å². The monoisotopic (exact) mass is 1030 g/mol. The molecule has 0 saturated carbocycles. The number of hydrogen-bond donors (Lipinski definition) is 7. The van der Waals surface area contributed by atoms with Crippen LogP contribution in [0.15, 0.2) is 59.4 Å². The smallest absolute Gasteiger partial charge is 0.343 e. The summed E-state index contributed by atoms with van der Waals surface area (Å²) in [5.74, 6) is -5.83. The molecule has 4 aromatic rings. The van der Waals surface area contributed by atoms with Crippen LogP contribution in [0.5, 0.6) is 0 Å². The molecule has 7 amide bonds. The Kier molecular flexibility index (Phi) is 16.4. The van der Waals surface area contributed by atoms with Gasteiger partial charge >= 0.3 is 5.97 Å². The number of rotatable bonds is 23. The third-order valence-electron chi connectivity index (χ3n) is 13.8. The van der Waals surface area contributed by atoms with Crippen molar-refractivity contribution >= 4 is 64.5 Å². The van der Waals surface area contributed by atoms with Crippen molar-refractivity contribution in [1.82, 2.24) is 46.4 Å². The van der Waals surface area contributed by atoms with E-state index in [0.717, 1.165) is 4.90 Å². The molecule has 8 rings (SSSR count). The van der Waals surface area contributed by atoms with Crippen LogP contribution in [0.4, 0.5) is 4.39 Å². The summed E-state index contributed by atoms with van der Waals surface area (Å²) in [6.45, 7) is 1.30. The number of aldehydes is 1. The first kappa shape index (κ1) is 53.3. The number of ether oxygens (including phenoxy) is 2. The molecule has 7 N–H and O–H groups in total. The summed E-state index contributed by atoms with van der Waals surface area (Å²) >= 11 is 0. The van der Waals surface area contributed by atoms with E-state index in [1.165, 1.54) is 28.9 Å². The highest BCUT2D eigenvalue weighted by Gasteiger charge is 2.46. The average Bonchev–Trinajstić information content (AvgIpc) is 3.93. The number of carbonyl (C=O) groups excluding carboxylic acids is 9. The maximum absolute atomic E-state index is 15.7. The van der Waals surface area contributed by atoms with Gasteiger partial charge in [-0.1, -0.05) is 43.7 Å².